The van der Waals surface area contributed by atoms with Crippen LogP contribution in [0.15, 0.2) is 34.9 Å². The number of methoxy groups -OCH3 is 1. The van der Waals surface area contributed by atoms with Crippen molar-refractivity contribution >= 4 is 21.9 Å². The maximum atomic E-state index is 5.88. The SMILES string of the molecule is COc1cccc(Oc2nc(NC3CCC(C)CC3)ncc2Br)c1. The van der Waals surface area contributed by atoms with Gasteiger partial charge in [-0.2, -0.15) is 4.98 Å². The molecule has 1 saturated carbocycles. The molecule has 1 aliphatic rings. The molecule has 1 aromatic carbocycles. The first-order valence-electron chi connectivity index (χ1n) is 8.25. The molecule has 1 aromatic heterocycles. The van der Waals surface area contributed by atoms with E-state index < -0.39 is 0 Å². The Kier molecular flexibility index (Phi) is 5.56. The molecule has 2 aromatic rings. The monoisotopic (exact) mass is 391 g/mol. The molecule has 3 rings (SSSR count). The predicted molar refractivity (Wildman–Crippen MR) is 97.8 cm³/mol. The quantitative estimate of drug-likeness (QED) is 0.774. The van der Waals surface area contributed by atoms with Crippen LogP contribution in [-0.2, 0) is 0 Å². The van der Waals surface area contributed by atoms with Gasteiger partial charge >= 0.3 is 0 Å². The molecule has 0 spiro atoms. The molecule has 1 heterocycles. The Morgan fingerprint density at radius 3 is 2.67 bits per heavy atom. The number of rotatable bonds is 5. The smallest absolute Gasteiger partial charge is 0.238 e. The van der Waals surface area contributed by atoms with Crippen molar-refractivity contribution in [2.45, 2.75) is 38.6 Å². The van der Waals surface area contributed by atoms with Crippen molar-refractivity contribution in [3.63, 3.8) is 0 Å². The third kappa shape index (κ3) is 4.38. The zero-order chi connectivity index (χ0) is 16.9. The second-order valence-electron chi connectivity index (χ2n) is 6.23. The summed E-state index contributed by atoms with van der Waals surface area (Å²) in [6.07, 6.45) is 6.54. The minimum absolute atomic E-state index is 0.437. The summed E-state index contributed by atoms with van der Waals surface area (Å²) in [6, 6.07) is 7.88. The first-order valence-corrected chi connectivity index (χ1v) is 9.04. The van der Waals surface area contributed by atoms with Gasteiger partial charge in [0.2, 0.25) is 11.8 Å². The first-order chi connectivity index (χ1) is 11.6. The molecule has 24 heavy (non-hydrogen) atoms. The molecule has 6 heteroatoms. The molecule has 5 nitrogen and oxygen atoms in total. The van der Waals surface area contributed by atoms with E-state index in [1.807, 2.05) is 24.3 Å². The maximum Gasteiger partial charge on any atom is 0.238 e. The third-order valence-electron chi connectivity index (χ3n) is 4.32. The Bertz CT molecular complexity index is 688. The lowest BCUT2D eigenvalue weighted by atomic mass is 9.87. The van der Waals surface area contributed by atoms with Crippen molar-refractivity contribution in [3.8, 4) is 17.4 Å². The Balaban J connectivity index is 1.71. The fourth-order valence-corrected chi connectivity index (χ4v) is 3.13. The Labute approximate surface area is 150 Å². The summed E-state index contributed by atoms with van der Waals surface area (Å²) in [7, 11) is 1.63. The van der Waals surface area contributed by atoms with Crippen molar-refractivity contribution in [1.82, 2.24) is 9.97 Å². The molecular formula is C18H22BrN3O2. The van der Waals surface area contributed by atoms with E-state index in [1.165, 1.54) is 12.8 Å². The first kappa shape index (κ1) is 17.0. The molecule has 0 amide bonds. The van der Waals surface area contributed by atoms with Gasteiger partial charge in [0.25, 0.3) is 0 Å². The lowest BCUT2D eigenvalue weighted by Gasteiger charge is -2.26. The summed E-state index contributed by atoms with van der Waals surface area (Å²) in [5.74, 6) is 3.33. The average Bonchev–Trinajstić information content (AvgIpc) is 2.60. The van der Waals surface area contributed by atoms with Crippen LogP contribution in [0.4, 0.5) is 5.95 Å². The van der Waals surface area contributed by atoms with Crippen molar-refractivity contribution in [2.75, 3.05) is 12.4 Å². The van der Waals surface area contributed by atoms with Crippen molar-refractivity contribution in [1.29, 1.82) is 0 Å². The van der Waals surface area contributed by atoms with Gasteiger partial charge in [0, 0.05) is 12.1 Å². The second-order valence-corrected chi connectivity index (χ2v) is 7.08. The highest BCUT2D eigenvalue weighted by atomic mass is 79.9. The summed E-state index contributed by atoms with van der Waals surface area (Å²) in [6.45, 7) is 2.31. The minimum atomic E-state index is 0.437. The van der Waals surface area contributed by atoms with Crippen molar-refractivity contribution < 1.29 is 9.47 Å². The summed E-state index contributed by atoms with van der Waals surface area (Å²) < 4.78 is 11.8. The van der Waals surface area contributed by atoms with E-state index in [2.05, 4.69) is 38.1 Å². The summed E-state index contributed by atoms with van der Waals surface area (Å²) >= 11 is 3.45. The van der Waals surface area contributed by atoms with Crippen LogP contribution >= 0.6 is 15.9 Å². The molecule has 0 atom stereocenters. The van der Waals surface area contributed by atoms with Crippen LogP contribution in [-0.4, -0.2) is 23.1 Å². The number of nitrogens with one attached hydrogen (secondary N) is 1. The highest BCUT2D eigenvalue weighted by molar-refractivity contribution is 9.10. The van der Waals surface area contributed by atoms with Gasteiger partial charge in [-0.1, -0.05) is 13.0 Å². The largest absolute Gasteiger partial charge is 0.497 e. The Morgan fingerprint density at radius 2 is 1.92 bits per heavy atom. The number of ether oxygens (including phenoxy) is 2. The second kappa shape index (κ2) is 7.83. The van der Waals surface area contributed by atoms with Gasteiger partial charge < -0.3 is 14.8 Å². The third-order valence-corrected chi connectivity index (χ3v) is 4.86. The molecule has 0 bridgehead atoms. The van der Waals surface area contributed by atoms with Gasteiger partial charge in [0.15, 0.2) is 0 Å². The molecule has 1 fully saturated rings. The molecule has 1 aliphatic carbocycles. The lowest BCUT2D eigenvalue weighted by molar-refractivity contribution is 0.360. The van der Waals surface area contributed by atoms with E-state index in [0.29, 0.717) is 28.1 Å². The number of hydrogen-bond donors (Lipinski definition) is 1. The van der Waals surface area contributed by atoms with E-state index in [1.54, 1.807) is 13.3 Å². The number of nitrogens with zero attached hydrogens (tertiary/aromatic N) is 2. The average molecular weight is 392 g/mol. The summed E-state index contributed by atoms with van der Waals surface area (Å²) in [5.41, 5.74) is 0. The number of aromatic nitrogens is 2. The maximum absolute atomic E-state index is 5.88. The van der Waals surface area contributed by atoms with Gasteiger partial charge in [0.05, 0.1) is 17.8 Å². The fraction of sp³-hybridized carbons (Fsp3) is 0.444. The number of hydrogen-bond acceptors (Lipinski definition) is 5. The number of halogens is 1. The normalized spacial score (nSPS) is 20.5. The van der Waals surface area contributed by atoms with Crippen LogP contribution in [0.1, 0.15) is 32.6 Å². The van der Waals surface area contributed by atoms with Gasteiger partial charge in [-0.15, -0.1) is 0 Å². The van der Waals surface area contributed by atoms with E-state index in [9.17, 15) is 0 Å². The van der Waals surface area contributed by atoms with Gasteiger partial charge in [-0.25, -0.2) is 4.98 Å². The molecule has 0 saturated heterocycles. The summed E-state index contributed by atoms with van der Waals surface area (Å²) in [5, 5.41) is 3.43. The van der Waals surface area contributed by atoms with Crippen LogP contribution < -0.4 is 14.8 Å². The summed E-state index contributed by atoms with van der Waals surface area (Å²) in [4.78, 5) is 8.86. The molecule has 0 unspecified atom stereocenters. The van der Waals surface area contributed by atoms with Crippen LogP contribution in [0.3, 0.4) is 0 Å². The van der Waals surface area contributed by atoms with Crippen LogP contribution in [0, 0.1) is 5.92 Å². The number of anilines is 1. The van der Waals surface area contributed by atoms with E-state index >= 15 is 0 Å². The van der Waals surface area contributed by atoms with Gasteiger partial charge in [-0.3, -0.25) is 0 Å². The molecule has 0 aliphatic heterocycles. The van der Waals surface area contributed by atoms with Crippen molar-refractivity contribution in [3.05, 3.63) is 34.9 Å². The topological polar surface area (TPSA) is 56.3 Å². The molecular weight excluding hydrogens is 370 g/mol. The van der Waals surface area contributed by atoms with Crippen LogP contribution in [0.25, 0.3) is 0 Å². The van der Waals surface area contributed by atoms with E-state index in [0.717, 1.165) is 24.5 Å². The molecule has 128 valence electrons. The van der Waals surface area contributed by atoms with Gasteiger partial charge in [-0.05, 0) is 59.7 Å². The lowest BCUT2D eigenvalue weighted by Crippen LogP contribution is -2.26. The highest BCUT2D eigenvalue weighted by Gasteiger charge is 2.19. The molecule has 1 N–H and O–H groups in total. The van der Waals surface area contributed by atoms with Crippen molar-refractivity contribution in [2.24, 2.45) is 5.92 Å². The Hall–Kier alpha value is -1.82. The zero-order valence-electron chi connectivity index (χ0n) is 14.0. The molecule has 0 radical (unpaired) electrons. The van der Waals surface area contributed by atoms with Crippen LogP contribution in [0.5, 0.6) is 17.4 Å². The highest BCUT2D eigenvalue weighted by Crippen LogP contribution is 2.31. The Morgan fingerprint density at radius 1 is 1.17 bits per heavy atom. The predicted octanol–water partition coefficient (Wildman–Crippen LogP) is 5.03. The van der Waals surface area contributed by atoms with E-state index in [-0.39, 0.29) is 0 Å². The van der Waals surface area contributed by atoms with Crippen LogP contribution in [0.2, 0.25) is 0 Å². The zero-order valence-corrected chi connectivity index (χ0v) is 15.5. The minimum Gasteiger partial charge on any atom is -0.497 e. The standard InChI is InChI=1S/C18H22BrN3O2/c1-12-6-8-13(9-7-12)21-18-20-11-16(19)17(22-18)24-15-5-3-4-14(10-15)23-2/h3-5,10-13H,6-9H2,1-2H3,(H,20,21,22). The van der Waals surface area contributed by atoms with Gasteiger partial charge in [0.1, 0.15) is 11.5 Å². The van der Waals surface area contributed by atoms with E-state index in [4.69, 9.17) is 9.47 Å². The fourth-order valence-electron chi connectivity index (χ4n) is 2.86. The number of benzene rings is 1.